The number of rotatable bonds is 4. The van der Waals surface area contributed by atoms with E-state index in [1.165, 1.54) is 28.5 Å². The summed E-state index contributed by atoms with van der Waals surface area (Å²) in [5, 5.41) is 0.644. The molecule has 1 aliphatic heterocycles. The van der Waals surface area contributed by atoms with Crippen LogP contribution in [0.1, 0.15) is 10.6 Å². The van der Waals surface area contributed by atoms with E-state index in [1.807, 2.05) is 18.2 Å². The first-order chi connectivity index (χ1) is 16.0. The molecule has 168 valence electrons. The summed E-state index contributed by atoms with van der Waals surface area (Å²) < 4.78 is 7.01. The zero-order chi connectivity index (χ0) is 22.9. The molecule has 0 aliphatic carbocycles. The number of fused-ring (bicyclic) bond motifs is 1. The molecule has 0 saturated carbocycles. The van der Waals surface area contributed by atoms with Gasteiger partial charge in [0, 0.05) is 36.1 Å². The molecule has 33 heavy (non-hydrogen) atoms. The van der Waals surface area contributed by atoms with Crippen LogP contribution in [0.2, 0.25) is 5.02 Å². The first kappa shape index (κ1) is 21.4. The van der Waals surface area contributed by atoms with Crippen LogP contribution in [0.4, 0.5) is 0 Å². The minimum Gasteiger partial charge on any atom is -0.459 e. The van der Waals surface area contributed by atoms with Crippen molar-refractivity contribution in [2.45, 2.75) is 6.54 Å². The number of furan rings is 1. The van der Waals surface area contributed by atoms with Crippen molar-refractivity contribution in [1.29, 1.82) is 0 Å². The van der Waals surface area contributed by atoms with Crippen LogP contribution >= 0.6 is 22.9 Å². The number of hydrogen-bond donors (Lipinski definition) is 0. The molecule has 1 aliphatic rings. The number of benzene rings is 1. The van der Waals surface area contributed by atoms with Gasteiger partial charge in [-0.25, -0.2) is 4.98 Å². The molecular formula is C23H19ClN4O4S. The minimum atomic E-state index is -0.245. The fourth-order valence-corrected chi connectivity index (χ4v) is 4.97. The number of carbonyl (C=O) groups excluding carboxylic acids is 2. The van der Waals surface area contributed by atoms with E-state index in [9.17, 15) is 14.4 Å². The van der Waals surface area contributed by atoms with Gasteiger partial charge in [-0.2, -0.15) is 0 Å². The molecule has 3 aromatic heterocycles. The maximum Gasteiger partial charge on any atom is 0.289 e. The smallest absolute Gasteiger partial charge is 0.289 e. The lowest BCUT2D eigenvalue weighted by molar-refractivity contribution is -0.133. The van der Waals surface area contributed by atoms with E-state index in [-0.39, 0.29) is 29.7 Å². The Bertz CT molecular complexity index is 1370. The van der Waals surface area contributed by atoms with E-state index in [0.717, 1.165) is 10.4 Å². The summed E-state index contributed by atoms with van der Waals surface area (Å²) in [4.78, 5) is 46.8. The Morgan fingerprint density at radius 2 is 1.79 bits per heavy atom. The average Bonchev–Trinajstić information content (AvgIpc) is 3.52. The van der Waals surface area contributed by atoms with Gasteiger partial charge in [0.15, 0.2) is 5.76 Å². The number of aromatic nitrogens is 2. The third-order valence-corrected chi connectivity index (χ3v) is 7.00. The fourth-order valence-electron chi connectivity index (χ4n) is 3.78. The summed E-state index contributed by atoms with van der Waals surface area (Å²) in [5.41, 5.74) is 1.31. The van der Waals surface area contributed by atoms with Gasteiger partial charge in [0.2, 0.25) is 5.91 Å². The molecule has 0 bridgehead atoms. The number of thiophene rings is 1. The third-order valence-electron chi connectivity index (χ3n) is 5.59. The number of amides is 2. The predicted octanol–water partition coefficient (Wildman–Crippen LogP) is 3.36. The highest BCUT2D eigenvalue weighted by Gasteiger charge is 2.26. The van der Waals surface area contributed by atoms with Gasteiger partial charge in [-0.05, 0) is 35.9 Å². The Balaban J connectivity index is 1.27. The number of halogens is 1. The molecular weight excluding hydrogens is 464 g/mol. The molecule has 4 heterocycles. The third kappa shape index (κ3) is 4.29. The lowest BCUT2D eigenvalue weighted by Gasteiger charge is -2.34. The van der Waals surface area contributed by atoms with Crippen LogP contribution in [0, 0.1) is 0 Å². The van der Waals surface area contributed by atoms with Crippen molar-refractivity contribution >= 4 is 45.0 Å². The molecule has 10 heteroatoms. The summed E-state index contributed by atoms with van der Waals surface area (Å²) in [6, 6.07) is 12.5. The molecule has 5 rings (SSSR count). The van der Waals surface area contributed by atoms with Crippen molar-refractivity contribution in [2.75, 3.05) is 26.2 Å². The van der Waals surface area contributed by atoms with Gasteiger partial charge in [-0.1, -0.05) is 23.7 Å². The molecule has 4 aromatic rings. The molecule has 8 nitrogen and oxygen atoms in total. The van der Waals surface area contributed by atoms with Crippen LogP contribution in [0.15, 0.2) is 64.3 Å². The Labute approximate surface area is 197 Å². The summed E-state index contributed by atoms with van der Waals surface area (Å²) in [7, 11) is 0. The van der Waals surface area contributed by atoms with Crippen LogP contribution in [0.25, 0.3) is 20.7 Å². The Morgan fingerprint density at radius 3 is 2.48 bits per heavy atom. The summed E-state index contributed by atoms with van der Waals surface area (Å²) in [5.74, 6) is -0.0837. The van der Waals surface area contributed by atoms with Crippen molar-refractivity contribution in [3.05, 3.63) is 76.2 Å². The highest BCUT2D eigenvalue weighted by molar-refractivity contribution is 7.22. The van der Waals surface area contributed by atoms with E-state index in [1.54, 1.807) is 34.1 Å². The molecule has 0 unspecified atom stereocenters. The molecule has 0 radical (unpaired) electrons. The van der Waals surface area contributed by atoms with Gasteiger partial charge in [-0.15, -0.1) is 11.3 Å². The lowest BCUT2D eigenvalue weighted by Crippen LogP contribution is -2.51. The minimum absolute atomic E-state index is 0.0952. The van der Waals surface area contributed by atoms with Crippen LogP contribution < -0.4 is 5.56 Å². The van der Waals surface area contributed by atoms with Crippen LogP contribution in [-0.4, -0.2) is 57.3 Å². The van der Waals surface area contributed by atoms with E-state index in [0.29, 0.717) is 41.4 Å². The number of nitrogens with zero attached hydrogens (tertiary/aromatic N) is 4. The summed E-state index contributed by atoms with van der Waals surface area (Å²) in [6.07, 6.45) is 2.87. The zero-order valence-electron chi connectivity index (χ0n) is 17.4. The van der Waals surface area contributed by atoms with Crippen molar-refractivity contribution < 1.29 is 14.0 Å². The normalized spacial score (nSPS) is 14.1. The van der Waals surface area contributed by atoms with Gasteiger partial charge in [0.05, 0.1) is 18.1 Å². The Kier molecular flexibility index (Phi) is 5.74. The van der Waals surface area contributed by atoms with Gasteiger partial charge in [-0.3, -0.25) is 19.0 Å². The Morgan fingerprint density at radius 1 is 1.06 bits per heavy atom. The standard InChI is InChI=1S/C23H19ClN4O4S/c24-16-5-3-15(4-6-16)19-12-17-21(33-19)23(31)28(14-25-17)13-20(29)26-7-9-27(10-8-26)22(30)18-2-1-11-32-18/h1-6,11-12,14H,7-10,13H2. The van der Waals surface area contributed by atoms with Gasteiger partial charge in [0.1, 0.15) is 11.2 Å². The van der Waals surface area contributed by atoms with E-state index in [4.69, 9.17) is 16.0 Å². The SMILES string of the molecule is O=C(Cn1cnc2cc(-c3ccc(Cl)cc3)sc2c1=O)N1CCN(C(=O)c2ccco2)CC1. The topological polar surface area (TPSA) is 88.7 Å². The Hall–Kier alpha value is -3.43. The quantitative estimate of drug-likeness (QED) is 0.445. The number of carbonyl (C=O) groups is 2. The van der Waals surface area contributed by atoms with Crippen molar-refractivity contribution in [1.82, 2.24) is 19.4 Å². The number of hydrogen-bond acceptors (Lipinski definition) is 6. The second kappa shape index (κ2) is 8.84. The van der Waals surface area contributed by atoms with Gasteiger partial charge >= 0.3 is 0 Å². The van der Waals surface area contributed by atoms with Gasteiger partial charge < -0.3 is 14.2 Å². The maximum absolute atomic E-state index is 13.0. The predicted molar refractivity (Wildman–Crippen MR) is 126 cm³/mol. The van der Waals surface area contributed by atoms with Crippen LogP contribution in [-0.2, 0) is 11.3 Å². The molecule has 0 atom stereocenters. The second-order valence-electron chi connectivity index (χ2n) is 7.66. The first-order valence-electron chi connectivity index (χ1n) is 10.3. The molecule has 1 saturated heterocycles. The van der Waals surface area contributed by atoms with Crippen molar-refractivity contribution in [3.8, 4) is 10.4 Å². The molecule has 1 aromatic carbocycles. The monoisotopic (exact) mass is 482 g/mol. The highest BCUT2D eigenvalue weighted by Crippen LogP contribution is 2.31. The largest absolute Gasteiger partial charge is 0.459 e. The maximum atomic E-state index is 13.0. The summed E-state index contributed by atoms with van der Waals surface area (Å²) in [6.45, 7) is 1.52. The fraction of sp³-hybridized carbons (Fsp3) is 0.217. The van der Waals surface area contributed by atoms with Crippen LogP contribution in [0.5, 0.6) is 0 Å². The van der Waals surface area contributed by atoms with E-state index in [2.05, 4.69) is 4.98 Å². The molecule has 0 spiro atoms. The molecule has 1 fully saturated rings. The van der Waals surface area contributed by atoms with Crippen LogP contribution in [0.3, 0.4) is 0 Å². The zero-order valence-corrected chi connectivity index (χ0v) is 19.0. The van der Waals surface area contributed by atoms with Crippen molar-refractivity contribution in [2.24, 2.45) is 0 Å². The molecule has 0 N–H and O–H groups in total. The molecule has 2 amide bonds. The first-order valence-corrected chi connectivity index (χ1v) is 11.5. The van der Waals surface area contributed by atoms with E-state index >= 15 is 0 Å². The van der Waals surface area contributed by atoms with E-state index < -0.39 is 0 Å². The second-order valence-corrected chi connectivity index (χ2v) is 9.15. The van der Waals surface area contributed by atoms with Gasteiger partial charge in [0.25, 0.3) is 11.5 Å². The summed E-state index contributed by atoms with van der Waals surface area (Å²) >= 11 is 7.31. The lowest BCUT2D eigenvalue weighted by atomic mass is 10.2. The number of piperazine rings is 1. The average molecular weight is 483 g/mol. The highest BCUT2D eigenvalue weighted by atomic mass is 35.5. The van der Waals surface area contributed by atoms with Crippen molar-refractivity contribution in [3.63, 3.8) is 0 Å².